The van der Waals surface area contributed by atoms with Crippen molar-refractivity contribution in [1.82, 2.24) is 19.8 Å². The maximum atomic E-state index is 12.5. The fraction of sp³-hybridized carbons (Fsp3) is 0.550. The number of morpholine rings is 1. The molecule has 11 heteroatoms. The van der Waals surface area contributed by atoms with E-state index in [4.69, 9.17) is 9.26 Å². The van der Waals surface area contributed by atoms with Crippen LogP contribution in [0.3, 0.4) is 0 Å². The van der Waals surface area contributed by atoms with Gasteiger partial charge in [-0.05, 0) is 44.9 Å². The van der Waals surface area contributed by atoms with Crippen LogP contribution in [0.4, 0.5) is 10.5 Å². The highest BCUT2D eigenvalue weighted by atomic mass is 32.2. The fourth-order valence-electron chi connectivity index (χ4n) is 3.55. The number of carbonyl (C=O) groups is 1. The van der Waals surface area contributed by atoms with Crippen molar-refractivity contribution in [2.24, 2.45) is 0 Å². The fourth-order valence-corrected chi connectivity index (χ4v) is 5.04. The van der Waals surface area contributed by atoms with Gasteiger partial charge in [-0.3, -0.25) is 0 Å². The second-order valence-electron chi connectivity index (χ2n) is 8.08. The molecule has 2 fully saturated rings. The Morgan fingerprint density at radius 3 is 2.68 bits per heavy atom. The van der Waals surface area contributed by atoms with Crippen molar-refractivity contribution < 1.29 is 22.5 Å². The van der Waals surface area contributed by atoms with Gasteiger partial charge < -0.3 is 19.9 Å². The number of carbonyl (C=O) groups excluding carboxylic acids is 1. The molecule has 1 saturated heterocycles. The Kier molecular flexibility index (Phi) is 6.26. The minimum Gasteiger partial charge on any atom is -0.373 e. The van der Waals surface area contributed by atoms with E-state index < -0.39 is 16.1 Å². The van der Waals surface area contributed by atoms with E-state index in [9.17, 15) is 13.2 Å². The van der Waals surface area contributed by atoms with Crippen LogP contribution in [0.5, 0.6) is 0 Å². The van der Waals surface area contributed by atoms with Gasteiger partial charge in [-0.15, -0.1) is 0 Å². The zero-order valence-electron chi connectivity index (χ0n) is 17.6. The van der Waals surface area contributed by atoms with Gasteiger partial charge in [0.05, 0.1) is 18.0 Å². The maximum absolute atomic E-state index is 12.5. The summed E-state index contributed by atoms with van der Waals surface area (Å²) in [5.41, 5.74) is 1.25. The normalized spacial score (nSPS) is 22.3. The van der Waals surface area contributed by atoms with Gasteiger partial charge in [-0.1, -0.05) is 11.2 Å². The molecule has 1 aliphatic carbocycles. The van der Waals surface area contributed by atoms with Gasteiger partial charge in [-0.2, -0.15) is 9.29 Å². The summed E-state index contributed by atoms with van der Waals surface area (Å²) in [5, 5.41) is 9.30. The standard InChI is InChI=1S/C20H27N5O5S/c1-13-11-25(12-14(2)29-13)31(27,28)9-8-21-20(26)22-17-5-3-4-16(10-17)19-23-18(24-30-19)15-6-7-15/h3-5,10,13-15H,6-9,11-12H2,1-2H3,(H2,21,22,26)/t13-,14+. The van der Waals surface area contributed by atoms with E-state index in [0.717, 1.165) is 18.7 Å². The number of hydrogen-bond acceptors (Lipinski definition) is 7. The van der Waals surface area contributed by atoms with Crippen LogP contribution in [0.25, 0.3) is 11.5 Å². The summed E-state index contributed by atoms with van der Waals surface area (Å²) < 4.78 is 37.4. The molecular formula is C20H27N5O5S. The van der Waals surface area contributed by atoms with Gasteiger partial charge >= 0.3 is 6.03 Å². The van der Waals surface area contributed by atoms with Crippen molar-refractivity contribution in [2.75, 3.05) is 30.7 Å². The number of amides is 2. The van der Waals surface area contributed by atoms with Crippen LogP contribution in [-0.2, 0) is 14.8 Å². The maximum Gasteiger partial charge on any atom is 0.319 e. The smallest absolute Gasteiger partial charge is 0.319 e. The predicted octanol–water partition coefficient (Wildman–Crippen LogP) is 2.17. The van der Waals surface area contributed by atoms with Gasteiger partial charge in [0.1, 0.15) is 0 Å². The number of nitrogens with zero attached hydrogens (tertiary/aromatic N) is 3. The lowest BCUT2D eigenvalue weighted by Gasteiger charge is -2.34. The number of aromatic nitrogens is 2. The molecule has 2 N–H and O–H groups in total. The molecule has 1 saturated carbocycles. The third-order valence-corrected chi connectivity index (χ3v) is 6.98. The van der Waals surface area contributed by atoms with E-state index in [-0.39, 0.29) is 24.5 Å². The Morgan fingerprint density at radius 1 is 1.23 bits per heavy atom. The highest BCUT2D eigenvalue weighted by Crippen LogP contribution is 2.39. The average molecular weight is 450 g/mol. The number of benzene rings is 1. The second-order valence-corrected chi connectivity index (χ2v) is 10.2. The first-order chi connectivity index (χ1) is 14.8. The average Bonchev–Trinajstić information content (AvgIpc) is 3.44. The highest BCUT2D eigenvalue weighted by molar-refractivity contribution is 7.89. The number of anilines is 1. The van der Waals surface area contributed by atoms with Crippen LogP contribution in [0.2, 0.25) is 0 Å². The van der Waals surface area contributed by atoms with Crippen LogP contribution in [0, 0.1) is 0 Å². The van der Waals surface area contributed by atoms with Crippen molar-refractivity contribution in [3.63, 3.8) is 0 Å². The Bertz CT molecular complexity index is 1030. The van der Waals surface area contributed by atoms with Gasteiger partial charge in [0.15, 0.2) is 5.82 Å². The third kappa shape index (κ3) is 5.60. The lowest BCUT2D eigenvalue weighted by molar-refractivity contribution is -0.0440. The van der Waals surface area contributed by atoms with Crippen LogP contribution in [-0.4, -0.2) is 66.5 Å². The summed E-state index contributed by atoms with van der Waals surface area (Å²) in [6, 6.07) is 6.58. The van der Waals surface area contributed by atoms with Gasteiger partial charge in [0.25, 0.3) is 5.89 Å². The largest absolute Gasteiger partial charge is 0.373 e. The number of sulfonamides is 1. The molecule has 168 valence electrons. The monoisotopic (exact) mass is 449 g/mol. The quantitative estimate of drug-likeness (QED) is 0.663. The van der Waals surface area contributed by atoms with Gasteiger partial charge in [0, 0.05) is 36.8 Å². The summed E-state index contributed by atoms with van der Waals surface area (Å²) in [6.45, 7) is 4.34. The summed E-state index contributed by atoms with van der Waals surface area (Å²) in [6.07, 6.45) is 1.86. The minimum absolute atomic E-state index is 0.00237. The first-order valence-electron chi connectivity index (χ1n) is 10.4. The van der Waals surface area contributed by atoms with E-state index in [1.165, 1.54) is 4.31 Å². The molecule has 31 heavy (non-hydrogen) atoms. The molecule has 1 aromatic carbocycles. The summed E-state index contributed by atoms with van der Waals surface area (Å²) in [5.74, 6) is 1.35. The first-order valence-corrected chi connectivity index (χ1v) is 12.0. The summed E-state index contributed by atoms with van der Waals surface area (Å²) in [4.78, 5) is 16.6. The Hall–Kier alpha value is -2.50. The third-order valence-electron chi connectivity index (χ3n) is 5.18. The number of rotatable bonds is 7. The highest BCUT2D eigenvalue weighted by Gasteiger charge is 2.31. The lowest BCUT2D eigenvalue weighted by atomic mass is 10.2. The molecule has 0 bridgehead atoms. The molecule has 2 atom stereocenters. The molecule has 0 radical (unpaired) electrons. The zero-order chi connectivity index (χ0) is 22.0. The first kappa shape index (κ1) is 21.7. The molecule has 2 amide bonds. The van der Waals surface area contributed by atoms with E-state index in [2.05, 4.69) is 20.8 Å². The summed E-state index contributed by atoms with van der Waals surface area (Å²) in [7, 11) is -3.48. The van der Waals surface area contributed by atoms with Crippen molar-refractivity contribution in [2.45, 2.75) is 44.8 Å². The van der Waals surface area contributed by atoms with E-state index in [0.29, 0.717) is 36.1 Å². The number of nitrogens with one attached hydrogen (secondary N) is 2. The van der Waals surface area contributed by atoms with E-state index in [1.54, 1.807) is 18.2 Å². The van der Waals surface area contributed by atoms with Crippen LogP contribution in [0.15, 0.2) is 28.8 Å². The Morgan fingerprint density at radius 2 is 1.97 bits per heavy atom. The van der Waals surface area contributed by atoms with Crippen LogP contribution < -0.4 is 10.6 Å². The van der Waals surface area contributed by atoms with Gasteiger partial charge in [-0.25, -0.2) is 13.2 Å². The minimum atomic E-state index is -3.48. The molecule has 1 aromatic heterocycles. The molecule has 0 unspecified atom stereocenters. The topological polar surface area (TPSA) is 127 Å². The Labute approximate surface area is 181 Å². The molecule has 2 heterocycles. The zero-order valence-corrected chi connectivity index (χ0v) is 18.4. The van der Waals surface area contributed by atoms with E-state index in [1.807, 2.05) is 19.9 Å². The lowest BCUT2D eigenvalue weighted by Crippen LogP contribution is -2.49. The summed E-state index contributed by atoms with van der Waals surface area (Å²) >= 11 is 0. The van der Waals surface area contributed by atoms with Crippen molar-refractivity contribution in [3.8, 4) is 11.5 Å². The second kappa shape index (κ2) is 8.93. The molecule has 2 aromatic rings. The number of hydrogen-bond donors (Lipinski definition) is 2. The number of ether oxygens (including phenoxy) is 1. The van der Waals surface area contributed by atoms with E-state index >= 15 is 0 Å². The molecular weight excluding hydrogens is 422 g/mol. The molecule has 10 nitrogen and oxygen atoms in total. The SMILES string of the molecule is C[C@@H]1CN(S(=O)(=O)CCNC(=O)Nc2cccc(-c3nc(C4CC4)no3)c2)C[C@H](C)O1. The number of urea groups is 1. The molecule has 1 aliphatic heterocycles. The molecule has 0 spiro atoms. The molecule has 2 aliphatic rings. The van der Waals surface area contributed by atoms with Crippen molar-refractivity contribution in [1.29, 1.82) is 0 Å². The molecule has 4 rings (SSSR count). The van der Waals surface area contributed by atoms with Crippen LogP contribution in [0.1, 0.15) is 38.4 Å². The van der Waals surface area contributed by atoms with Gasteiger partial charge in [0.2, 0.25) is 10.0 Å². The van der Waals surface area contributed by atoms with Crippen LogP contribution >= 0.6 is 0 Å². The predicted molar refractivity (Wildman–Crippen MR) is 114 cm³/mol. The Balaban J connectivity index is 1.29. The van der Waals surface area contributed by atoms with Crippen molar-refractivity contribution in [3.05, 3.63) is 30.1 Å². The van der Waals surface area contributed by atoms with Crippen molar-refractivity contribution >= 4 is 21.7 Å².